The third kappa shape index (κ3) is 6.71. The number of amides is 1. The highest BCUT2D eigenvalue weighted by Crippen LogP contribution is 2.26. The number of nitrogens with one attached hydrogen (secondary N) is 1. The molecule has 3 aromatic carbocycles. The lowest BCUT2D eigenvalue weighted by atomic mass is 10.2. The molecule has 2 N–H and O–H groups in total. The summed E-state index contributed by atoms with van der Waals surface area (Å²) in [7, 11) is -3.94. The number of carbonyl (C=O) groups excluding carboxylic acids is 1. The van der Waals surface area contributed by atoms with E-state index >= 15 is 0 Å². The van der Waals surface area contributed by atoms with Crippen LogP contribution < -0.4 is 14.4 Å². The van der Waals surface area contributed by atoms with Crippen molar-refractivity contribution in [3.05, 3.63) is 83.4 Å². The highest BCUT2D eigenvalue weighted by molar-refractivity contribution is 7.92. The van der Waals surface area contributed by atoms with Crippen molar-refractivity contribution in [3.8, 4) is 5.75 Å². The zero-order valence-electron chi connectivity index (χ0n) is 18.2. The van der Waals surface area contributed by atoms with Crippen molar-refractivity contribution in [1.82, 2.24) is 0 Å². The van der Waals surface area contributed by atoms with Gasteiger partial charge < -0.3 is 15.2 Å². The number of aliphatic hydroxyl groups is 1. The number of carbonyl (C=O) groups is 1. The smallest absolute Gasteiger partial charge is 0.264 e. The predicted molar refractivity (Wildman–Crippen MR) is 129 cm³/mol. The number of hydrogen-bond donors (Lipinski definition) is 2. The van der Waals surface area contributed by atoms with E-state index in [1.165, 1.54) is 19.1 Å². The zero-order chi connectivity index (χ0) is 24.0. The quantitative estimate of drug-likeness (QED) is 0.469. The van der Waals surface area contributed by atoms with E-state index in [1.54, 1.807) is 60.7 Å². The van der Waals surface area contributed by atoms with Gasteiger partial charge in [0, 0.05) is 17.6 Å². The molecule has 7 nitrogen and oxygen atoms in total. The Morgan fingerprint density at radius 3 is 2.21 bits per heavy atom. The fraction of sp³-hybridized carbons (Fsp3) is 0.208. The fourth-order valence-corrected chi connectivity index (χ4v) is 4.69. The second-order valence-electron chi connectivity index (χ2n) is 7.50. The van der Waals surface area contributed by atoms with Gasteiger partial charge in [-0.15, -0.1) is 0 Å². The Kier molecular flexibility index (Phi) is 7.97. The van der Waals surface area contributed by atoms with Gasteiger partial charge in [0.1, 0.15) is 18.5 Å². The lowest BCUT2D eigenvalue weighted by Gasteiger charge is -2.27. The van der Waals surface area contributed by atoms with E-state index < -0.39 is 16.1 Å². The minimum absolute atomic E-state index is 0.115. The second-order valence-corrected chi connectivity index (χ2v) is 9.79. The topological polar surface area (TPSA) is 95.9 Å². The summed E-state index contributed by atoms with van der Waals surface area (Å²) in [5, 5.41) is 13.7. The maximum absolute atomic E-state index is 13.4. The van der Waals surface area contributed by atoms with Gasteiger partial charge >= 0.3 is 0 Å². The first kappa shape index (κ1) is 24.6. The Hall–Kier alpha value is -3.07. The van der Waals surface area contributed by atoms with E-state index in [9.17, 15) is 18.3 Å². The van der Waals surface area contributed by atoms with Crippen molar-refractivity contribution >= 4 is 38.9 Å². The van der Waals surface area contributed by atoms with Gasteiger partial charge in [0.25, 0.3) is 10.0 Å². The largest absolute Gasteiger partial charge is 0.491 e. The fourth-order valence-electron chi connectivity index (χ4n) is 3.06. The van der Waals surface area contributed by atoms with Crippen molar-refractivity contribution in [2.24, 2.45) is 0 Å². The molecule has 0 saturated carbocycles. The summed E-state index contributed by atoms with van der Waals surface area (Å²) in [5.41, 5.74) is 1.93. The molecule has 0 saturated heterocycles. The highest BCUT2D eigenvalue weighted by atomic mass is 35.5. The van der Waals surface area contributed by atoms with Gasteiger partial charge in [-0.25, -0.2) is 8.42 Å². The molecule has 0 fully saturated rings. The summed E-state index contributed by atoms with van der Waals surface area (Å²) in [5.74, 6) is 0.291. The van der Waals surface area contributed by atoms with Crippen LogP contribution in [0.15, 0.2) is 77.7 Å². The molecule has 0 aromatic heterocycles. The van der Waals surface area contributed by atoms with Crippen LogP contribution in [0.5, 0.6) is 5.75 Å². The molecule has 1 unspecified atom stereocenters. The van der Waals surface area contributed by atoms with Crippen molar-refractivity contribution in [3.63, 3.8) is 0 Å². The number of rotatable bonds is 9. The van der Waals surface area contributed by atoms with E-state index in [0.717, 1.165) is 9.87 Å². The molecular weight excluding hydrogens is 464 g/mol. The molecule has 0 spiro atoms. The average molecular weight is 489 g/mol. The van der Waals surface area contributed by atoms with Crippen LogP contribution in [0, 0.1) is 6.92 Å². The zero-order valence-corrected chi connectivity index (χ0v) is 19.8. The monoisotopic (exact) mass is 488 g/mol. The van der Waals surface area contributed by atoms with E-state index in [0.29, 0.717) is 22.1 Å². The summed E-state index contributed by atoms with van der Waals surface area (Å²) in [6.07, 6.45) is -1.11. The Labute approximate surface area is 198 Å². The van der Waals surface area contributed by atoms with Crippen LogP contribution in [0.4, 0.5) is 11.4 Å². The molecule has 9 heteroatoms. The number of hydrogen-bond acceptors (Lipinski definition) is 5. The van der Waals surface area contributed by atoms with Gasteiger partial charge in [-0.2, -0.15) is 0 Å². The van der Waals surface area contributed by atoms with Crippen LogP contribution in [0.2, 0.25) is 5.02 Å². The van der Waals surface area contributed by atoms with E-state index in [4.69, 9.17) is 16.3 Å². The molecule has 3 aromatic rings. The number of nitrogens with zero attached hydrogens (tertiary/aromatic N) is 1. The van der Waals surface area contributed by atoms with E-state index in [2.05, 4.69) is 5.32 Å². The third-order valence-electron chi connectivity index (χ3n) is 4.72. The number of halogens is 1. The number of benzene rings is 3. The molecule has 0 aliphatic carbocycles. The first-order chi connectivity index (χ1) is 15.6. The molecule has 0 heterocycles. The summed E-state index contributed by atoms with van der Waals surface area (Å²) in [6, 6.07) is 19.5. The highest BCUT2D eigenvalue weighted by Gasteiger charge is 2.27. The molecule has 174 valence electrons. The molecule has 0 aliphatic heterocycles. The second kappa shape index (κ2) is 10.7. The number of aryl methyl sites for hydroxylation is 1. The number of aliphatic hydroxyl groups excluding tert-OH is 1. The molecule has 0 aliphatic rings. The summed E-state index contributed by atoms with van der Waals surface area (Å²) in [4.78, 5) is 11.2. The van der Waals surface area contributed by atoms with Crippen molar-refractivity contribution in [1.29, 1.82) is 0 Å². The Bertz CT molecular complexity index is 1180. The lowest BCUT2D eigenvalue weighted by Crippen LogP contribution is -2.39. The van der Waals surface area contributed by atoms with Crippen LogP contribution >= 0.6 is 11.6 Å². The summed E-state index contributed by atoms with van der Waals surface area (Å²) >= 11 is 5.97. The standard InChI is InChI=1S/C24H25ClN2O5S/c1-17-3-13-24(14-4-17)33(30,31)27(21-9-5-19(25)6-10-21)15-22(29)16-32-23-11-7-20(8-12-23)26-18(2)28/h3-14,22,29H,15-16H2,1-2H3,(H,26,28). The number of ether oxygens (including phenoxy) is 1. The molecule has 1 atom stereocenters. The minimum Gasteiger partial charge on any atom is -0.491 e. The Morgan fingerprint density at radius 2 is 1.64 bits per heavy atom. The maximum atomic E-state index is 13.4. The Morgan fingerprint density at radius 1 is 1.03 bits per heavy atom. The molecule has 0 bridgehead atoms. The van der Waals surface area contributed by atoms with Crippen LogP contribution in [-0.2, 0) is 14.8 Å². The van der Waals surface area contributed by atoms with Gasteiger partial charge in [-0.05, 0) is 67.6 Å². The van der Waals surface area contributed by atoms with Crippen molar-refractivity contribution in [2.45, 2.75) is 24.8 Å². The maximum Gasteiger partial charge on any atom is 0.264 e. The number of sulfonamides is 1. The molecule has 0 radical (unpaired) electrons. The van der Waals surface area contributed by atoms with Crippen LogP contribution in [0.1, 0.15) is 12.5 Å². The third-order valence-corrected chi connectivity index (χ3v) is 6.78. The molecule has 1 amide bonds. The first-order valence-corrected chi connectivity index (χ1v) is 12.0. The van der Waals surface area contributed by atoms with Crippen LogP contribution in [0.25, 0.3) is 0 Å². The molecular formula is C24H25ClN2O5S. The SMILES string of the molecule is CC(=O)Nc1ccc(OCC(O)CN(c2ccc(Cl)cc2)S(=O)(=O)c2ccc(C)cc2)cc1. The predicted octanol–water partition coefficient (Wildman–Crippen LogP) is 4.24. The van der Waals surface area contributed by atoms with Crippen molar-refractivity contribution < 1.29 is 23.1 Å². The average Bonchev–Trinajstić information content (AvgIpc) is 2.77. The normalized spacial score (nSPS) is 12.1. The van der Waals surface area contributed by atoms with Gasteiger partial charge in [-0.1, -0.05) is 29.3 Å². The lowest BCUT2D eigenvalue weighted by molar-refractivity contribution is -0.114. The molecule has 33 heavy (non-hydrogen) atoms. The molecule has 3 rings (SSSR count). The van der Waals surface area contributed by atoms with Gasteiger partial charge in [0.05, 0.1) is 17.1 Å². The minimum atomic E-state index is -3.94. The van der Waals surface area contributed by atoms with Gasteiger partial charge in [0.15, 0.2) is 0 Å². The first-order valence-electron chi connectivity index (χ1n) is 10.2. The Balaban J connectivity index is 1.76. The van der Waals surface area contributed by atoms with Crippen LogP contribution in [-0.4, -0.2) is 38.7 Å². The summed E-state index contributed by atoms with van der Waals surface area (Å²) in [6.45, 7) is 2.93. The van der Waals surface area contributed by atoms with E-state index in [-0.39, 0.29) is 24.0 Å². The van der Waals surface area contributed by atoms with Crippen molar-refractivity contribution in [2.75, 3.05) is 22.8 Å². The number of anilines is 2. The van der Waals surface area contributed by atoms with E-state index in [1.807, 2.05) is 6.92 Å². The van der Waals surface area contributed by atoms with Crippen LogP contribution in [0.3, 0.4) is 0 Å². The van der Waals surface area contributed by atoms with Gasteiger partial charge in [0.2, 0.25) is 5.91 Å². The summed E-state index contributed by atoms with van der Waals surface area (Å²) < 4.78 is 33.5. The van der Waals surface area contributed by atoms with Gasteiger partial charge in [-0.3, -0.25) is 9.10 Å².